The van der Waals surface area contributed by atoms with E-state index in [1.165, 1.54) is 7.11 Å². The molecule has 0 bridgehead atoms. The van der Waals surface area contributed by atoms with Crippen molar-refractivity contribution in [3.8, 4) is 0 Å². The first-order chi connectivity index (χ1) is 9.60. The van der Waals surface area contributed by atoms with Crippen LogP contribution in [0.1, 0.15) is 25.0 Å². The number of nitrogens with one attached hydrogen (secondary N) is 1. The van der Waals surface area contributed by atoms with E-state index in [1.54, 1.807) is 39.8 Å². The Labute approximate surface area is 125 Å². The van der Waals surface area contributed by atoms with E-state index in [9.17, 15) is 13.2 Å². The number of sulfonamides is 1. The summed E-state index contributed by atoms with van der Waals surface area (Å²) in [7, 11) is -2.62. The van der Waals surface area contributed by atoms with Crippen LogP contribution in [-0.2, 0) is 19.6 Å². The van der Waals surface area contributed by atoms with Crippen LogP contribution in [0.3, 0.4) is 0 Å². The zero-order chi connectivity index (χ0) is 16.4. The van der Waals surface area contributed by atoms with Gasteiger partial charge in [-0.1, -0.05) is 13.8 Å². The van der Waals surface area contributed by atoms with Crippen molar-refractivity contribution in [1.29, 1.82) is 0 Å². The Morgan fingerprint density at radius 1 is 1.24 bits per heavy atom. The summed E-state index contributed by atoms with van der Waals surface area (Å²) in [5, 5.41) is 0. The van der Waals surface area contributed by atoms with Crippen LogP contribution in [0.4, 0.5) is 5.69 Å². The minimum Gasteiger partial charge on any atom is -0.468 e. The summed E-state index contributed by atoms with van der Waals surface area (Å²) < 4.78 is 32.2. The van der Waals surface area contributed by atoms with E-state index in [0.717, 1.165) is 0 Å². The van der Waals surface area contributed by atoms with Crippen LogP contribution < -0.4 is 10.5 Å². The van der Waals surface area contributed by atoms with Crippen molar-refractivity contribution in [1.82, 2.24) is 4.72 Å². The van der Waals surface area contributed by atoms with Gasteiger partial charge in [-0.2, -0.15) is 4.72 Å². The minimum atomic E-state index is -3.84. The van der Waals surface area contributed by atoms with Gasteiger partial charge in [0.15, 0.2) is 0 Å². The summed E-state index contributed by atoms with van der Waals surface area (Å²) in [6.07, 6.45) is 0. The second kappa shape index (κ2) is 6.44. The number of carbonyl (C=O) groups is 1. The van der Waals surface area contributed by atoms with Crippen molar-refractivity contribution in [2.24, 2.45) is 5.92 Å². The normalized spacial score (nSPS) is 13.2. The SMILES string of the molecule is COC(=O)C(NS(=O)(=O)c1c(C)cc(N)cc1C)C(C)C. The van der Waals surface area contributed by atoms with Crippen LogP contribution in [0, 0.1) is 19.8 Å². The summed E-state index contributed by atoms with van der Waals surface area (Å²) in [5.41, 5.74) is 7.27. The van der Waals surface area contributed by atoms with E-state index in [0.29, 0.717) is 16.8 Å². The van der Waals surface area contributed by atoms with Gasteiger partial charge < -0.3 is 10.5 Å². The third kappa shape index (κ3) is 3.95. The third-order valence-corrected chi connectivity index (χ3v) is 4.90. The van der Waals surface area contributed by atoms with Gasteiger partial charge in [0.1, 0.15) is 6.04 Å². The fourth-order valence-corrected chi connectivity index (χ4v) is 4.00. The molecule has 21 heavy (non-hydrogen) atoms. The van der Waals surface area contributed by atoms with Crippen molar-refractivity contribution in [3.05, 3.63) is 23.3 Å². The monoisotopic (exact) mass is 314 g/mol. The van der Waals surface area contributed by atoms with E-state index in [4.69, 9.17) is 5.73 Å². The maximum Gasteiger partial charge on any atom is 0.324 e. The summed E-state index contributed by atoms with van der Waals surface area (Å²) in [6.45, 7) is 6.82. The highest BCUT2D eigenvalue weighted by molar-refractivity contribution is 7.89. The highest BCUT2D eigenvalue weighted by atomic mass is 32.2. The quantitative estimate of drug-likeness (QED) is 0.631. The number of carbonyl (C=O) groups excluding carboxylic acids is 1. The summed E-state index contributed by atoms with van der Waals surface area (Å²) in [5.74, 6) is -0.846. The van der Waals surface area contributed by atoms with E-state index in [2.05, 4.69) is 9.46 Å². The van der Waals surface area contributed by atoms with Crippen molar-refractivity contribution in [3.63, 3.8) is 0 Å². The molecule has 0 amide bonds. The number of hydrogen-bond donors (Lipinski definition) is 2. The van der Waals surface area contributed by atoms with Crippen molar-refractivity contribution < 1.29 is 17.9 Å². The number of nitrogen functional groups attached to an aromatic ring is 1. The van der Waals surface area contributed by atoms with Crippen LogP contribution in [0.25, 0.3) is 0 Å². The van der Waals surface area contributed by atoms with Crippen LogP contribution >= 0.6 is 0 Å². The zero-order valence-corrected chi connectivity index (χ0v) is 13.7. The largest absolute Gasteiger partial charge is 0.468 e. The Bertz CT molecular complexity index is 615. The fraction of sp³-hybridized carbons (Fsp3) is 0.500. The lowest BCUT2D eigenvalue weighted by Crippen LogP contribution is -2.45. The second-order valence-corrected chi connectivity index (χ2v) is 7.00. The molecule has 0 aliphatic rings. The molecule has 0 aliphatic carbocycles. The minimum absolute atomic E-state index is 0.145. The van der Waals surface area contributed by atoms with Gasteiger partial charge in [0.25, 0.3) is 0 Å². The van der Waals surface area contributed by atoms with E-state index >= 15 is 0 Å². The third-order valence-electron chi connectivity index (χ3n) is 3.16. The molecule has 118 valence electrons. The van der Waals surface area contributed by atoms with Gasteiger partial charge in [-0.05, 0) is 43.0 Å². The molecule has 0 spiro atoms. The predicted octanol–water partition coefficient (Wildman–Crippen LogP) is 1.36. The molecule has 0 aliphatic heterocycles. The lowest BCUT2D eigenvalue weighted by Gasteiger charge is -2.21. The van der Waals surface area contributed by atoms with Gasteiger partial charge in [0.05, 0.1) is 12.0 Å². The molecule has 0 fully saturated rings. The van der Waals surface area contributed by atoms with Gasteiger partial charge in [0.2, 0.25) is 10.0 Å². The molecule has 1 aromatic carbocycles. The topological polar surface area (TPSA) is 98.5 Å². The van der Waals surface area contributed by atoms with Gasteiger partial charge in [-0.15, -0.1) is 0 Å². The average molecular weight is 314 g/mol. The van der Waals surface area contributed by atoms with Crippen molar-refractivity contribution in [2.75, 3.05) is 12.8 Å². The number of methoxy groups -OCH3 is 1. The standard InChI is InChI=1S/C14H22N2O4S/c1-8(2)12(14(17)20-5)16-21(18,19)13-9(3)6-11(15)7-10(13)4/h6-8,12,16H,15H2,1-5H3. The first-order valence-electron chi connectivity index (χ1n) is 6.57. The molecule has 1 unspecified atom stereocenters. The number of nitrogens with two attached hydrogens (primary N) is 1. The van der Waals surface area contributed by atoms with Crippen LogP contribution in [0.15, 0.2) is 17.0 Å². The lowest BCUT2D eigenvalue weighted by atomic mass is 10.1. The predicted molar refractivity (Wildman–Crippen MR) is 81.3 cm³/mol. The van der Waals surface area contributed by atoms with Crippen LogP contribution in [0.5, 0.6) is 0 Å². The van der Waals surface area contributed by atoms with E-state index in [-0.39, 0.29) is 10.8 Å². The molecule has 6 nitrogen and oxygen atoms in total. The van der Waals surface area contributed by atoms with E-state index in [1.807, 2.05) is 0 Å². The molecule has 7 heteroatoms. The first kappa shape index (κ1) is 17.5. The molecule has 1 aromatic rings. The van der Waals surface area contributed by atoms with Crippen LogP contribution in [-0.4, -0.2) is 27.5 Å². The lowest BCUT2D eigenvalue weighted by molar-refractivity contribution is -0.143. The fourth-order valence-electron chi connectivity index (χ4n) is 2.22. The summed E-state index contributed by atoms with van der Waals surface area (Å²) in [6, 6.07) is 2.24. The Kier molecular flexibility index (Phi) is 5.36. The summed E-state index contributed by atoms with van der Waals surface area (Å²) in [4.78, 5) is 11.9. The second-order valence-electron chi connectivity index (χ2n) is 5.35. The highest BCUT2D eigenvalue weighted by Crippen LogP contribution is 2.23. The van der Waals surface area contributed by atoms with E-state index < -0.39 is 22.0 Å². The maximum atomic E-state index is 12.6. The van der Waals surface area contributed by atoms with Gasteiger partial charge in [-0.25, -0.2) is 8.42 Å². The maximum absolute atomic E-state index is 12.6. The molecular formula is C14H22N2O4S. The molecular weight excluding hydrogens is 292 g/mol. The van der Waals surface area contributed by atoms with Crippen molar-refractivity contribution >= 4 is 21.7 Å². The molecule has 0 saturated carbocycles. The number of esters is 1. The number of anilines is 1. The van der Waals surface area contributed by atoms with Gasteiger partial charge in [0, 0.05) is 5.69 Å². The van der Waals surface area contributed by atoms with Gasteiger partial charge in [-0.3, -0.25) is 4.79 Å². The summed E-state index contributed by atoms with van der Waals surface area (Å²) >= 11 is 0. The number of ether oxygens (including phenoxy) is 1. The number of aryl methyl sites for hydroxylation is 2. The highest BCUT2D eigenvalue weighted by Gasteiger charge is 2.30. The molecule has 0 radical (unpaired) electrons. The molecule has 0 saturated heterocycles. The first-order valence-corrected chi connectivity index (χ1v) is 8.05. The molecule has 1 atom stereocenters. The molecule has 0 heterocycles. The Hall–Kier alpha value is -1.60. The van der Waals surface area contributed by atoms with Gasteiger partial charge >= 0.3 is 5.97 Å². The molecule has 3 N–H and O–H groups in total. The number of rotatable bonds is 5. The van der Waals surface area contributed by atoms with Crippen molar-refractivity contribution in [2.45, 2.75) is 38.6 Å². The Morgan fingerprint density at radius 2 is 1.71 bits per heavy atom. The van der Waals surface area contributed by atoms with Crippen LogP contribution in [0.2, 0.25) is 0 Å². The smallest absolute Gasteiger partial charge is 0.324 e. The molecule has 0 aromatic heterocycles. The molecule has 1 rings (SSSR count). The number of benzene rings is 1. The average Bonchev–Trinajstić information content (AvgIpc) is 2.33. The Balaban J connectivity index is 3.26. The number of hydrogen-bond acceptors (Lipinski definition) is 5. The Morgan fingerprint density at radius 3 is 2.10 bits per heavy atom. The zero-order valence-electron chi connectivity index (χ0n) is 12.9.